The van der Waals surface area contributed by atoms with Gasteiger partial charge in [-0.2, -0.15) is 0 Å². The van der Waals surface area contributed by atoms with E-state index < -0.39 is 10.7 Å². The van der Waals surface area contributed by atoms with Crippen LogP contribution in [0.3, 0.4) is 0 Å². The van der Waals surface area contributed by atoms with E-state index in [1.165, 1.54) is 29.5 Å². The monoisotopic (exact) mass is 334 g/mol. The van der Waals surface area contributed by atoms with Gasteiger partial charge in [0.25, 0.3) is 5.91 Å². The highest BCUT2D eigenvalue weighted by Gasteiger charge is 2.15. The number of carbonyl (C=O) groups is 1. The molecule has 0 atom stereocenters. The van der Waals surface area contributed by atoms with E-state index in [4.69, 9.17) is 0 Å². The van der Waals surface area contributed by atoms with Gasteiger partial charge in [0.05, 0.1) is 9.80 Å². The number of aromatic hydroxyl groups is 1. The molecule has 2 heterocycles. The summed E-state index contributed by atoms with van der Waals surface area (Å²) < 4.78 is 2.13. The number of phenols is 1. The first-order valence-corrected chi connectivity index (χ1v) is 7.96. The standard InChI is InChI=1S/C14H10N2O4S2/c17-10-2-1-8(5-9(10)16(19)20)7-15-14(18)13-6-12-11(22-13)3-4-21-12/h1-6,17H,7H2,(H,15,18). The van der Waals surface area contributed by atoms with Gasteiger partial charge in [-0.1, -0.05) is 6.07 Å². The summed E-state index contributed by atoms with van der Waals surface area (Å²) in [6.07, 6.45) is 0. The van der Waals surface area contributed by atoms with Crippen LogP contribution in [0.2, 0.25) is 0 Å². The second-order valence-electron chi connectivity index (χ2n) is 4.52. The van der Waals surface area contributed by atoms with Gasteiger partial charge in [0, 0.05) is 22.0 Å². The fourth-order valence-corrected chi connectivity index (χ4v) is 4.00. The highest BCUT2D eigenvalue weighted by Crippen LogP contribution is 2.30. The molecule has 3 rings (SSSR count). The Bertz CT molecular complexity index is 840. The SMILES string of the molecule is O=C(NCc1ccc(O)c([N+](=O)[O-])c1)c1cc2sccc2s1. The van der Waals surface area contributed by atoms with Crippen LogP contribution in [0.25, 0.3) is 9.40 Å². The molecular weight excluding hydrogens is 324 g/mol. The number of nitrogens with zero attached hydrogens (tertiary/aromatic N) is 1. The van der Waals surface area contributed by atoms with E-state index in [0.29, 0.717) is 10.4 Å². The summed E-state index contributed by atoms with van der Waals surface area (Å²) in [6.45, 7) is 0.158. The van der Waals surface area contributed by atoms with Gasteiger partial charge < -0.3 is 10.4 Å². The molecule has 1 amide bonds. The van der Waals surface area contributed by atoms with E-state index in [1.54, 1.807) is 11.3 Å². The average Bonchev–Trinajstić information content (AvgIpc) is 3.07. The Labute approximate surface area is 132 Å². The second-order valence-corrected chi connectivity index (χ2v) is 6.55. The highest BCUT2D eigenvalue weighted by molar-refractivity contribution is 7.27. The van der Waals surface area contributed by atoms with Crippen LogP contribution in [0.15, 0.2) is 35.7 Å². The molecule has 2 N–H and O–H groups in total. The smallest absolute Gasteiger partial charge is 0.311 e. The second kappa shape index (κ2) is 5.74. The number of thiophene rings is 2. The number of carbonyl (C=O) groups excluding carboxylic acids is 1. The quantitative estimate of drug-likeness (QED) is 0.564. The minimum atomic E-state index is -0.659. The van der Waals surface area contributed by atoms with Crippen molar-refractivity contribution in [3.05, 3.63) is 56.3 Å². The number of benzene rings is 1. The van der Waals surface area contributed by atoms with E-state index in [2.05, 4.69) is 5.32 Å². The lowest BCUT2D eigenvalue weighted by Crippen LogP contribution is -2.21. The van der Waals surface area contributed by atoms with Crippen molar-refractivity contribution in [3.8, 4) is 5.75 Å². The first kappa shape index (κ1) is 14.5. The van der Waals surface area contributed by atoms with E-state index in [0.717, 1.165) is 9.40 Å². The first-order valence-electron chi connectivity index (χ1n) is 6.26. The number of rotatable bonds is 4. The van der Waals surface area contributed by atoms with Crippen LogP contribution in [0.1, 0.15) is 15.2 Å². The van der Waals surface area contributed by atoms with Gasteiger partial charge in [-0.3, -0.25) is 14.9 Å². The van der Waals surface area contributed by atoms with Crippen LogP contribution in [0, 0.1) is 10.1 Å². The molecule has 1 aromatic carbocycles. The number of nitrogens with one attached hydrogen (secondary N) is 1. The Balaban J connectivity index is 1.72. The maximum atomic E-state index is 12.1. The number of nitro benzene ring substituents is 1. The van der Waals surface area contributed by atoms with Gasteiger partial charge in [0.1, 0.15) is 0 Å². The van der Waals surface area contributed by atoms with Crippen molar-refractivity contribution >= 4 is 43.7 Å². The fraction of sp³-hybridized carbons (Fsp3) is 0.0714. The van der Waals surface area contributed by atoms with Crippen molar-refractivity contribution in [1.29, 1.82) is 0 Å². The minimum Gasteiger partial charge on any atom is -0.502 e. The summed E-state index contributed by atoms with van der Waals surface area (Å²) in [5, 5.41) is 24.9. The number of phenolic OH excluding ortho intramolecular Hbond substituents is 1. The van der Waals surface area contributed by atoms with Crippen LogP contribution in [0.4, 0.5) is 5.69 Å². The summed E-state index contributed by atoms with van der Waals surface area (Å²) >= 11 is 2.98. The summed E-state index contributed by atoms with van der Waals surface area (Å²) in [4.78, 5) is 22.8. The van der Waals surface area contributed by atoms with E-state index in [-0.39, 0.29) is 18.1 Å². The molecule has 8 heteroatoms. The molecule has 22 heavy (non-hydrogen) atoms. The lowest BCUT2D eigenvalue weighted by atomic mass is 10.2. The highest BCUT2D eigenvalue weighted by atomic mass is 32.1. The molecule has 0 spiro atoms. The molecule has 0 aliphatic heterocycles. The summed E-state index contributed by atoms with van der Waals surface area (Å²) in [5.41, 5.74) is 0.180. The van der Waals surface area contributed by atoms with Crippen LogP contribution >= 0.6 is 22.7 Å². The Morgan fingerprint density at radius 1 is 1.27 bits per heavy atom. The Morgan fingerprint density at radius 3 is 2.82 bits per heavy atom. The molecule has 0 radical (unpaired) electrons. The topological polar surface area (TPSA) is 92.5 Å². The molecule has 2 aromatic heterocycles. The van der Waals surface area contributed by atoms with Crippen molar-refractivity contribution in [3.63, 3.8) is 0 Å². The molecular formula is C14H10N2O4S2. The predicted molar refractivity (Wildman–Crippen MR) is 85.6 cm³/mol. The lowest BCUT2D eigenvalue weighted by Gasteiger charge is -2.04. The molecule has 0 aliphatic rings. The number of fused-ring (bicyclic) bond motifs is 1. The largest absolute Gasteiger partial charge is 0.502 e. The summed E-state index contributed by atoms with van der Waals surface area (Å²) in [5.74, 6) is -0.609. The zero-order valence-electron chi connectivity index (χ0n) is 11.1. The van der Waals surface area contributed by atoms with Crippen molar-refractivity contribution in [2.24, 2.45) is 0 Å². The Kier molecular flexibility index (Phi) is 3.78. The third kappa shape index (κ3) is 2.78. The normalized spacial score (nSPS) is 10.7. The first-order chi connectivity index (χ1) is 10.5. The van der Waals surface area contributed by atoms with Gasteiger partial charge in [-0.05, 0) is 29.1 Å². The zero-order valence-corrected chi connectivity index (χ0v) is 12.7. The molecule has 6 nitrogen and oxygen atoms in total. The van der Waals surface area contributed by atoms with E-state index in [1.807, 2.05) is 17.5 Å². The molecule has 0 unspecified atom stereocenters. The minimum absolute atomic E-state index is 0.158. The Morgan fingerprint density at radius 2 is 2.09 bits per heavy atom. The molecule has 0 saturated heterocycles. The third-order valence-corrected chi connectivity index (χ3v) is 5.14. The van der Waals surface area contributed by atoms with Gasteiger partial charge in [-0.15, -0.1) is 22.7 Å². The predicted octanol–water partition coefficient (Wildman–Crippen LogP) is 3.51. The van der Waals surface area contributed by atoms with Crippen molar-refractivity contribution in [1.82, 2.24) is 5.32 Å². The molecule has 112 valence electrons. The average molecular weight is 334 g/mol. The van der Waals surface area contributed by atoms with Crippen molar-refractivity contribution in [2.75, 3.05) is 0 Å². The van der Waals surface area contributed by atoms with E-state index >= 15 is 0 Å². The summed E-state index contributed by atoms with van der Waals surface area (Å²) in [7, 11) is 0. The number of hydrogen-bond donors (Lipinski definition) is 2. The van der Waals surface area contributed by atoms with E-state index in [9.17, 15) is 20.0 Å². The molecule has 0 bridgehead atoms. The molecule has 3 aromatic rings. The van der Waals surface area contributed by atoms with Crippen molar-refractivity contribution < 1.29 is 14.8 Å². The van der Waals surface area contributed by atoms with Crippen LogP contribution < -0.4 is 5.32 Å². The summed E-state index contributed by atoms with van der Waals surface area (Å²) in [6, 6.07) is 7.84. The molecule has 0 saturated carbocycles. The van der Waals surface area contributed by atoms with Gasteiger partial charge in [0.15, 0.2) is 5.75 Å². The maximum absolute atomic E-state index is 12.1. The van der Waals surface area contributed by atoms with Crippen LogP contribution in [-0.4, -0.2) is 15.9 Å². The molecule has 0 aliphatic carbocycles. The van der Waals surface area contributed by atoms with Gasteiger partial charge in [-0.25, -0.2) is 0 Å². The third-order valence-electron chi connectivity index (χ3n) is 3.05. The van der Waals surface area contributed by atoms with Gasteiger partial charge >= 0.3 is 5.69 Å². The maximum Gasteiger partial charge on any atom is 0.311 e. The molecule has 0 fully saturated rings. The number of amides is 1. The number of nitro groups is 1. The van der Waals surface area contributed by atoms with Gasteiger partial charge in [0.2, 0.25) is 0 Å². The zero-order chi connectivity index (χ0) is 15.7. The van der Waals surface area contributed by atoms with Crippen LogP contribution in [0.5, 0.6) is 5.75 Å². The van der Waals surface area contributed by atoms with Crippen molar-refractivity contribution in [2.45, 2.75) is 6.54 Å². The van der Waals surface area contributed by atoms with Crippen LogP contribution in [-0.2, 0) is 6.54 Å². The lowest BCUT2D eigenvalue weighted by molar-refractivity contribution is -0.385. The fourth-order valence-electron chi connectivity index (χ4n) is 1.97. The Hall–Kier alpha value is -2.45. The number of hydrogen-bond acceptors (Lipinski definition) is 6.